The van der Waals surface area contributed by atoms with Gasteiger partial charge in [-0.3, -0.25) is 4.79 Å². The minimum absolute atomic E-state index is 0.0766. The molecular formula is C27H29ClN6O. The van der Waals surface area contributed by atoms with Gasteiger partial charge in [0.05, 0.1) is 6.54 Å². The molecule has 0 radical (unpaired) electrons. The molecule has 1 aliphatic carbocycles. The molecule has 180 valence electrons. The summed E-state index contributed by atoms with van der Waals surface area (Å²) >= 11 is 6.26. The quantitative estimate of drug-likeness (QED) is 0.440. The SMILES string of the molecule is NCC1(c2cccc(Cl)c2)CCC(N2Cc3nnc(Cc4c[nH]c5ccccc45)n3CC2=O)CC1. The first-order valence-electron chi connectivity index (χ1n) is 12.3. The highest BCUT2D eigenvalue weighted by molar-refractivity contribution is 6.30. The molecule has 6 rings (SSSR count). The van der Waals surface area contributed by atoms with Crippen LogP contribution in [-0.2, 0) is 29.7 Å². The van der Waals surface area contributed by atoms with Crippen molar-refractivity contribution in [2.75, 3.05) is 6.54 Å². The van der Waals surface area contributed by atoms with Gasteiger partial charge in [-0.25, -0.2) is 0 Å². The molecule has 3 heterocycles. The number of H-pyrrole nitrogens is 1. The highest BCUT2D eigenvalue weighted by atomic mass is 35.5. The number of nitrogens with one attached hydrogen (secondary N) is 1. The summed E-state index contributed by atoms with van der Waals surface area (Å²) in [5.41, 5.74) is 9.68. The first kappa shape index (κ1) is 22.3. The van der Waals surface area contributed by atoms with Crippen LogP contribution in [-0.4, -0.2) is 43.1 Å². The Bertz CT molecular complexity index is 1380. The lowest BCUT2D eigenvalue weighted by Gasteiger charge is -2.44. The second kappa shape index (κ2) is 8.81. The zero-order valence-corrected chi connectivity index (χ0v) is 20.3. The van der Waals surface area contributed by atoms with Gasteiger partial charge in [0, 0.05) is 46.5 Å². The third kappa shape index (κ3) is 3.93. The van der Waals surface area contributed by atoms with E-state index in [-0.39, 0.29) is 17.4 Å². The summed E-state index contributed by atoms with van der Waals surface area (Å²) in [7, 11) is 0. The molecule has 35 heavy (non-hydrogen) atoms. The molecule has 0 atom stereocenters. The molecule has 1 amide bonds. The first-order valence-corrected chi connectivity index (χ1v) is 12.7. The molecule has 4 aromatic rings. The Kier molecular flexibility index (Phi) is 5.61. The number of para-hydroxylation sites is 1. The Labute approximate surface area is 209 Å². The van der Waals surface area contributed by atoms with Crippen molar-refractivity contribution in [1.82, 2.24) is 24.6 Å². The Morgan fingerprint density at radius 1 is 1.09 bits per heavy atom. The molecule has 2 aromatic carbocycles. The molecule has 1 saturated carbocycles. The van der Waals surface area contributed by atoms with Crippen LogP contribution < -0.4 is 5.73 Å². The predicted molar refractivity (Wildman–Crippen MR) is 136 cm³/mol. The topological polar surface area (TPSA) is 92.8 Å². The van der Waals surface area contributed by atoms with Crippen molar-refractivity contribution in [2.45, 2.75) is 56.7 Å². The standard InChI is InChI=1S/C27H29ClN6O/c28-20-5-3-4-19(13-20)27(17-29)10-8-21(9-11-27)33-15-25-32-31-24(34(25)16-26(33)35)12-18-14-30-23-7-2-1-6-22(18)23/h1-7,13-14,21,30H,8-12,15-17,29H2. The van der Waals surface area contributed by atoms with E-state index in [1.807, 2.05) is 46.0 Å². The summed E-state index contributed by atoms with van der Waals surface area (Å²) in [5, 5.41) is 10.9. The zero-order valence-electron chi connectivity index (χ0n) is 19.6. The van der Waals surface area contributed by atoms with Gasteiger partial charge in [0.25, 0.3) is 0 Å². The molecule has 0 unspecified atom stereocenters. The van der Waals surface area contributed by atoms with Crippen LogP contribution in [0, 0.1) is 0 Å². The van der Waals surface area contributed by atoms with E-state index >= 15 is 0 Å². The normalized spacial score (nSPS) is 22.5. The number of benzene rings is 2. The van der Waals surface area contributed by atoms with E-state index in [1.165, 1.54) is 10.9 Å². The van der Waals surface area contributed by atoms with Crippen molar-refractivity contribution in [3.8, 4) is 0 Å². The maximum absolute atomic E-state index is 13.3. The van der Waals surface area contributed by atoms with Crippen LogP contribution in [0.2, 0.25) is 5.02 Å². The second-order valence-corrected chi connectivity index (χ2v) is 10.3. The number of aromatic amines is 1. The van der Waals surface area contributed by atoms with E-state index in [1.54, 1.807) is 0 Å². The molecule has 7 nitrogen and oxygen atoms in total. The van der Waals surface area contributed by atoms with Gasteiger partial charge in [0.2, 0.25) is 5.91 Å². The van der Waals surface area contributed by atoms with E-state index in [0.717, 1.165) is 53.4 Å². The molecule has 0 spiro atoms. The van der Waals surface area contributed by atoms with E-state index in [9.17, 15) is 4.79 Å². The van der Waals surface area contributed by atoms with E-state index in [2.05, 4.69) is 33.4 Å². The number of nitrogens with two attached hydrogens (primary N) is 1. The highest BCUT2D eigenvalue weighted by Crippen LogP contribution is 2.41. The number of nitrogens with zero attached hydrogens (tertiary/aromatic N) is 4. The number of hydrogen-bond acceptors (Lipinski definition) is 4. The van der Waals surface area contributed by atoms with Crippen LogP contribution in [0.3, 0.4) is 0 Å². The molecule has 1 aliphatic heterocycles. The predicted octanol–water partition coefficient (Wildman–Crippen LogP) is 4.19. The van der Waals surface area contributed by atoms with E-state index in [4.69, 9.17) is 17.3 Å². The fourth-order valence-corrected chi connectivity index (χ4v) is 6.14. The minimum Gasteiger partial charge on any atom is -0.361 e. The third-order valence-corrected chi connectivity index (χ3v) is 8.27. The van der Waals surface area contributed by atoms with Gasteiger partial charge >= 0.3 is 0 Å². The maximum atomic E-state index is 13.3. The van der Waals surface area contributed by atoms with Crippen LogP contribution in [0.1, 0.15) is 48.5 Å². The van der Waals surface area contributed by atoms with E-state index < -0.39 is 0 Å². The van der Waals surface area contributed by atoms with Crippen LogP contribution in [0.5, 0.6) is 0 Å². The fourth-order valence-electron chi connectivity index (χ4n) is 5.95. The summed E-state index contributed by atoms with van der Waals surface area (Å²) in [6, 6.07) is 16.5. The maximum Gasteiger partial charge on any atom is 0.243 e. The van der Waals surface area contributed by atoms with Gasteiger partial charge in [-0.15, -0.1) is 10.2 Å². The molecular weight excluding hydrogens is 460 g/mol. The molecule has 0 saturated heterocycles. The molecule has 2 aromatic heterocycles. The summed E-state index contributed by atoms with van der Waals surface area (Å²) in [4.78, 5) is 18.6. The summed E-state index contributed by atoms with van der Waals surface area (Å²) < 4.78 is 2.00. The lowest BCUT2D eigenvalue weighted by molar-refractivity contribution is -0.138. The number of fused-ring (bicyclic) bond motifs is 2. The number of halogens is 1. The number of hydrogen-bond donors (Lipinski definition) is 2. The number of amides is 1. The van der Waals surface area contributed by atoms with Crippen LogP contribution >= 0.6 is 11.6 Å². The largest absolute Gasteiger partial charge is 0.361 e. The molecule has 3 N–H and O–H groups in total. The van der Waals surface area contributed by atoms with Gasteiger partial charge in [0.15, 0.2) is 5.82 Å². The Hall–Kier alpha value is -3.16. The monoisotopic (exact) mass is 488 g/mol. The number of carbonyl (C=O) groups is 1. The Balaban J connectivity index is 1.17. The lowest BCUT2D eigenvalue weighted by atomic mass is 9.68. The average molecular weight is 489 g/mol. The lowest BCUT2D eigenvalue weighted by Crippen LogP contribution is -2.50. The van der Waals surface area contributed by atoms with Crippen LogP contribution in [0.4, 0.5) is 0 Å². The average Bonchev–Trinajstić information content (AvgIpc) is 3.48. The van der Waals surface area contributed by atoms with Crippen molar-refractivity contribution in [3.05, 3.63) is 82.5 Å². The Morgan fingerprint density at radius 2 is 1.91 bits per heavy atom. The van der Waals surface area contributed by atoms with Crippen molar-refractivity contribution >= 4 is 28.4 Å². The summed E-state index contributed by atoms with van der Waals surface area (Å²) in [6.07, 6.45) is 6.40. The van der Waals surface area contributed by atoms with Gasteiger partial charge < -0.3 is 20.2 Å². The number of aromatic nitrogens is 4. The fraction of sp³-hybridized carbons (Fsp3) is 0.370. The second-order valence-electron chi connectivity index (χ2n) is 9.90. The third-order valence-electron chi connectivity index (χ3n) is 8.03. The smallest absolute Gasteiger partial charge is 0.243 e. The van der Waals surface area contributed by atoms with Crippen molar-refractivity contribution < 1.29 is 4.79 Å². The highest BCUT2D eigenvalue weighted by Gasteiger charge is 2.40. The van der Waals surface area contributed by atoms with Crippen LogP contribution in [0.15, 0.2) is 54.7 Å². The molecule has 1 fully saturated rings. The first-order chi connectivity index (χ1) is 17.1. The van der Waals surface area contributed by atoms with E-state index in [0.29, 0.717) is 26.1 Å². The molecule has 8 heteroatoms. The number of rotatable bonds is 5. The Morgan fingerprint density at radius 3 is 2.71 bits per heavy atom. The van der Waals surface area contributed by atoms with Gasteiger partial charge in [0.1, 0.15) is 12.4 Å². The zero-order chi connectivity index (χ0) is 24.0. The van der Waals surface area contributed by atoms with Crippen molar-refractivity contribution in [1.29, 1.82) is 0 Å². The summed E-state index contributed by atoms with van der Waals surface area (Å²) in [6.45, 7) is 1.39. The van der Waals surface area contributed by atoms with Crippen molar-refractivity contribution in [3.63, 3.8) is 0 Å². The van der Waals surface area contributed by atoms with Gasteiger partial charge in [-0.1, -0.05) is 41.9 Å². The minimum atomic E-state index is -0.0766. The molecule has 0 bridgehead atoms. The van der Waals surface area contributed by atoms with Gasteiger partial charge in [-0.2, -0.15) is 0 Å². The van der Waals surface area contributed by atoms with Crippen LogP contribution in [0.25, 0.3) is 10.9 Å². The summed E-state index contributed by atoms with van der Waals surface area (Å²) in [5.74, 6) is 1.85. The van der Waals surface area contributed by atoms with Gasteiger partial charge in [-0.05, 0) is 55.0 Å². The van der Waals surface area contributed by atoms with Crippen molar-refractivity contribution in [2.24, 2.45) is 5.73 Å². The molecule has 2 aliphatic rings. The number of carbonyl (C=O) groups excluding carboxylic acids is 1.